The predicted octanol–water partition coefficient (Wildman–Crippen LogP) is 4.85. The zero-order chi connectivity index (χ0) is 21.0. The topological polar surface area (TPSA) is 63.7 Å². The molecule has 0 N–H and O–H groups in total. The molecule has 0 aliphatic carbocycles. The number of sulfonamides is 1. The molecule has 0 aromatic heterocycles. The van der Waals surface area contributed by atoms with Gasteiger partial charge in [-0.1, -0.05) is 44.2 Å². The Morgan fingerprint density at radius 1 is 0.862 bits per heavy atom. The lowest BCUT2D eigenvalue weighted by Gasteiger charge is -2.19. The fourth-order valence-electron chi connectivity index (χ4n) is 2.78. The molecule has 29 heavy (non-hydrogen) atoms. The van der Waals surface area contributed by atoms with Crippen molar-refractivity contribution in [1.29, 1.82) is 0 Å². The first kappa shape index (κ1) is 20.6. The lowest BCUT2D eigenvalue weighted by atomic mass is 10.0. The van der Waals surface area contributed by atoms with Gasteiger partial charge >= 0.3 is 5.97 Å². The van der Waals surface area contributed by atoms with Crippen LogP contribution in [0.4, 0.5) is 5.69 Å². The minimum Gasteiger partial charge on any atom is -0.423 e. The van der Waals surface area contributed by atoms with Crippen LogP contribution >= 0.6 is 0 Å². The molecule has 3 aromatic rings. The maximum atomic E-state index is 12.8. The average molecular weight is 410 g/mol. The van der Waals surface area contributed by atoms with E-state index in [1.54, 1.807) is 36.4 Å². The Morgan fingerprint density at radius 2 is 1.45 bits per heavy atom. The number of hydrogen-bond donors (Lipinski definition) is 0. The van der Waals surface area contributed by atoms with Crippen LogP contribution in [0.3, 0.4) is 0 Å². The summed E-state index contributed by atoms with van der Waals surface area (Å²) in [6, 6.07) is 21.9. The molecule has 0 saturated heterocycles. The zero-order valence-corrected chi connectivity index (χ0v) is 17.4. The second-order valence-electron chi connectivity index (χ2n) is 6.95. The van der Waals surface area contributed by atoms with Gasteiger partial charge in [0, 0.05) is 7.05 Å². The van der Waals surface area contributed by atoms with Crippen LogP contribution in [-0.2, 0) is 10.0 Å². The van der Waals surface area contributed by atoms with E-state index >= 15 is 0 Å². The second kappa shape index (κ2) is 8.49. The number of esters is 1. The lowest BCUT2D eigenvalue weighted by molar-refractivity contribution is 0.0734. The fourth-order valence-corrected chi connectivity index (χ4v) is 3.98. The summed E-state index contributed by atoms with van der Waals surface area (Å²) in [6.07, 6.45) is 0. The number of rotatable bonds is 6. The van der Waals surface area contributed by atoms with Gasteiger partial charge in [0.2, 0.25) is 0 Å². The molecular weight excluding hydrogens is 386 g/mol. The summed E-state index contributed by atoms with van der Waals surface area (Å²) in [5.41, 5.74) is 1.99. The Morgan fingerprint density at radius 3 is 2.00 bits per heavy atom. The SMILES string of the molecule is CC(C)c1ccc(OC(=O)c2ccc(S(=O)(=O)N(C)c3ccccc3)cc2)cc1. The van der Waals surface area contributed by atoms with Crippen LogP contribution < -0.4 is 9.04 Å². The van der Waals surface area contributed by atoms with E-state index in [1.165, 1.54) is 35.6 Å². The molecule has 0 heterocycles. The van der Waals surface area contributed by atoms with Crippen LogP contribution in [0, 0.1) is 0 Å². The second-order valence-corrected chi connectivity index (χ2v) is 8.91. The Hall–Kier alpha value is -3.12. The van der Waals surface area contributed by atoms with Crippen molar-refractivity contribution in [3.05, 3.63) is 90.0 Å². The van der Waals surface area contributed by atoms with Crippen LogP contribution in [0.1, 0.15) is 35.7 Å². The summed E-state index contributed by atoms with van der Waals surface area (Å²) in [6.45, 7) is 4.18. The molecule has 0 atom stereocenters. The first-order chi connectivity index (χ1) is 13.8. The molecule has 6 heteroatoms. The molecular formula is C23H23NO4S. The molecule has 0 spiro atoms. The highest BCUT2D eigenvalue weighted by Gasteiger charge is 2.21. The Balaban J connectivity index is 1.74. The zero-order valence-electron chi connectivity index (χ0n) is 16.6. The molecule has 0 radical (unpaired) electrons. The van der Waals surface area contributed by atoms with E-state index in [4.69, 9.17) is 4.74 Å². The van der Waals surface area contributed by atoms with Crippen molar-refractivity contribution in [3.8, 4) is 5.75 Å². The number of nitrogens with zero attached hydrogens (tertiary/aromatic N) is 1. The molecule has 0 saturated carbocycles. The molecule has 150 valence electrons. The van der Waals surface area contributed by atoms with E-state index in [2.05, 4.69) is 13.8 Å². The largest absolute Gasteiger partial charge is 0.423 e. The van der Waals surface area contributed by atoms with E-state index in [-0.39, 0.29) is 10.5 Å². The standard InChI is InChI=1S/C23H23NO4S/c1-17(2)18-9-13-21(14-10-18)28-23(25)19-11-15-22(16-12-19)29(26,27)24(3)20-7-5-4-6-8-20/h4-17H,1-3H3. The number of carbonyl (C=O) groups is 1. The van der Waals surface area contributed by atoms with E-state index in [0.717, 1.165) is 5.56 Å². The maximum Gasteiger partial charge on any atom is 0.343 e. The van der Waals surface area contributed by atoms with Crippen molar-refractivity contribution < 1.29 is 17.9 Å². The maximum absolute atomic E-state index is 12.8. The third-order valence-electron chi connectivity index (χ3n) is 4.63. The summed E-state index contributed by atoms with van der Waals surface area (Å²) < 4.78 is 32.2. The summed E-state index contributed by atoms with van der Waals surface area (Å²) in [5.74, 6) is 0.297. The average Bonchev–Trinajstić information content (AvgIpc) is 2.74. The smallest absolute Gasteiger partial charge is 0.343 e. The summed E-state index contributed by atoms with van der Waals surface area (Å²) in [5, 5.41) is 0. The molecule has 0 bridgehead atoms. The van der Waals surface area contributed by atoms with Crippen molar-refractivity contribution in [2.45, 2.75) is 24.7 Å². The van der Waals surface area contributed by atoms with E-state index < -0.39 is 16.0 Å². The molecule has 3 rings (SSSR count). The quantitative estimate of drug-likeness (QED) is 0.431. The van der Waals surface area contributed by atoms with Gasteiger partial charge in [-0.05, 0) is 60.0 Å². The Bertz CT molecular complexity index is 1070. The first-order valence-corrected chi connectivity index (χ1v) is 10.7. The monoisotopic (exact) mass is 409 g/mol. The van der Waals surface area contributed by atoms with E-state index in [9.17, 15) is 13.2 Å². The van der Waals surface area contributed by atoms with Crippen LogP contribution in [0.5, 0.6) is 5.75 Å². The van der Waals surface area contributed by atoms with Crippen molar-refractivity contribution in [2.24, 2.45) is 0 Å². The highest BCUT2D eigenvalue weighted by Crippen LogP contribution is 2.23. The van der Waals surface area contributed by atoms with Crippen molar-refractivity contribution in [2.75, 3.05) is 11.4 Å². The molecule has 0 aliphatic heterocycles. The number of anilines is 1. The Labute approximate surface area is 171 Å². The Kier molecular flexibility index (Phi) is 6.03. The summed E-state index contributed by atoms with van der Waals surface area (Å²) in [4.78, 5) is 12.5. The normalized spacial score (nSPS) is 11.3. The van der Waals surface area contributed by atoms with Crippen molar-refractivity contribution >= 4 is 21.7 Å². The van der Waals surface area contributed by atoms with E-state index in [1.807, 2.05) is 18.2 Å². The molecule has 3 aromatic carbocycles. The van der Waals surface area contributed by atoms with Crippen molar-refractivity contribution in [3.63, 3.8) is 0 Å². The number of para-hydroxylation sites is 1. The van der Waals surface area contributed by atoms with Crippen LogP contribution in [0.2, 0.25) is 0 Å². The summed E-state index contributed by atoms with van der Waals surface area (Å²) in [7, 11) is -2.23. The minimum atomic E-state index is -3.73. The molecule has 0 fully saturated rings. The van der Waals surface area contributed by atoms with Gasteiger partial charge in [0.1, 0.15) is 5.75 Å². The highest BCUT2D eigenvalue weighted by atomic mass is 32.2. The number of carbonyl (C=O) groups excluding carboxylic acids is 1. The third-order valence-corrected chi connectivity index (χ3v) is 6.43. The molecule has 0 unspecified atom stereocenters. The molecule has 5 nitrogen and oxygen atoms in total. The molecule has 0 amide bonds. The summed E-state index contributed by atoms with van der Waals surface area (Å²) >= 11 is 0. The van der Waals surface area contributed by atoms with Gasteiger partial charge in [-0.25, -0.2) is 13.2 Å². The number of ether oxygens (including phenoxy) is 1. The van der Waals surface area contributed by atoms with Gasteiger partial charge in [-0.3, -0.25) is 4.31 Å². The van der Waals surface area contributed by atoms with Crippen LogP contribution in [-0.4, -0.2) is 21.4 Å². The molecule has 0 aliphatic rings. The van der Waals surface area contributed by atoms with E-state index in [0.29, 0.717) is 17.4 Å². The number of benzene rings is 3. The number of hydrogen-bond acceptors (Lipinski definition) is 4. The van der Waals surface area contributed by atoms with Gasteiger partial charge in [0.05, 0.1) is 16.1 Å². The fraction of sp³-hybridized carbons (Fsp3) is 0.174. The van der Waals surface area contributed by atoms with Crippen LogP contribution in [0.15, 0.2) is 83.8 Å². The van der Waals surface area contributed by atoms with Gasteiger partial charge in [0.15, 0.2) is 0 Å². The van der Waals surface area contributed by atoms with Gasteiger partial charge in [-0.15, -0.1) is 0 Å². The third kappa shape index (κ3) is 4.66. The van der Waals surface area contributed by atoms with Gasteiger partial charge < -0.3 is 4.74 Å². The highest BCUT2D eigenvalue weighted by molar-refractivity contribution is 7.92. The van der Waals surface area contributed by atoms with Gasteiger partial charge in [0.25, 0.3) is 10.0 Å². The van der Waals surface area contributed by atoms with Crippen LogP contribution in [0.25, 0.3) is 0 Å². The van der Waals surface area contributed by atoms with Crippen molar-refractivity contribution in [1.82, 2.24) is 0 Å². The first-order valence-electron chi connectivity index (χ1n) is 9.25. The lowest BCUT2D eigenvalue weighted by Crippen LogP contribution is -2.26. The van der Waals surface area contributed by atoms with Gasteiger partial charge in [-0.2, -0.15) is 0 Å². The minimum absolute atomic E-state index is 0.0988. The predicted molar refractivity (Wildman–Crippen MR) is 114 cm³/mol.